The van der Waals surface area contributed by atoms with Gasteiger partial charge in [0.2, 0.25) is 0 Å². The molecular formula is C6H5FLiNO2. The van der Waals surface area contributed by atoms with E-state index in [0.717, 1.165) is 6.07 Å². The van der Waals surface area contributed by atoms with Crippen molar-refractivity contribution in [1.82, 2.24) is 4.98 Å². The number of carboxylic acid groups (broad SMARTS) is 1. The molecule has 1 N–H and O–H groups in total. The van der Waals surface area contributed by atoms with Crippen LogP contribution < -0.4 is 18.9 Å². The van der Waals surface area contributed by atoms with E-state index in [2.05, 4.69) is 4.98 Å². The Bertz CT molecular complexity index is 271. The van der Waals surface area contributed by atoms with Gasteiger partial charge in [0.05, 0.1) is 0 Å². The van der Waals surface area contributed by atoms with Crippen molar-refractivity contribution in [2.45, 2.75) is 0 Å². The molecule has 0 saturated carbocycles. The van der Waals surface area contributed by atoms with Crippen molar-refractivity contribution in [2.75, 3.05) is 0 Å². The van der Waals surface area contributed by atoms with Crippen LogP contribution in [-0.2, 0) is 0 Å². The Morgan fingerprint density at radius 3 is 2.73 bits per heavy atom. The van der Waals surface area contributed by atoms with Gasteiger partial charge in [-0.2, -0.15) is 0 Å². The molecule has 0 aliphatic rings. The molecule has 1 rings (SSSR count). The van der Waals surface area contributed by atoms with E-state index in [9.17, 15) is 9.18 Å². The van der Waals surface area contributed by atoms with Gasteiger partial charge >= 0.3 is 24.8 Å². The number of rotatable bonds is 1. The average molecular weight is 149 g/mol. The second-order valence-corrected chi connectivity index (χ2v) is 1.64. The number of carbonyl (C=O) groups is 1. The molecule has 1 heterocycles. The third-order valence-electron chi connectivity index (χ3n) is 0.961. The Morgan fingerprint density at radius 1 is 1.73 bits per heavy atom. The molecule has 0 fully saturated rings. The van der Waals surface area contributed by atoms with E-state index in [1.807, 2.05) is 0 Å². The molecule has 1 aromatic heterocycles. The summed E-state index contributed by atoms with van der Waals surface area (Å²) in [5.41, 5.74) is -0.539. The number of aromatic carboxylic acids is 1. The first-order valence-corrected chi connectivity index (χ1v) is 2.55. The quantitative estimate of drug-likeness (QED) is 0.471. The number of carboxylic acids is 1. The van der Waals surface area contributed by atoms with Gasteiger partial charge in [-0.1, -0.05) is 0 Å². The van der Waals surface area contributed by atoms with Crippen LogP contribution in [0.25, 0.3) is 0 Å². The summed E-state index contributed by atoms with van der Waals surface area (Å²) in [6.45, 7) is 0. The molecule has 3 nitrogen and oxygen atoms in total. The summed E-state index contributed by atoms with van der Waals surface area (Å²) in [5, 5.41) is 8.26. The Labute approximate surface area is 75.9 Å². The third kappa shape index (κ3) is 2.33. The molecule has 0 spiro atoms. The topological polar surface area (TPSA) is 50.2 Å². The second kappa shape index (κ2) is 4.11. The summed E-state index contributed by atoms with van der Waals surface area (Å²) in [5.74, 6) is -2.16. The zero-order valence-corrected chi connectivity index (χ0v) is 5.91. The standard InChI is InChI=1S/C6H4FNO2.Li.H/c7-4-2-1-3-8-5(4)6(9)10;;/h1-3H,(H,9,10);;/q;+1;-1. The molecule has 0 radical (unpaired) electrons. The number of halogens is 1. The van der Waals surface area contributed by atoms with E-state index in [0.29, 0.717) is 0 Å². The van der Waals surface area contributed by atoms with Gasteiger partial charge in [0.15, 0.2) is 11.5 Å². The number of aromatic nitrogens is 1. The fraction of sp³-hybridized carbons (Fsp3) is 0. The van der Waals surface area contributed by atoms with Crippen LogP contribution in [0.3, 0.4) is 0 Å². The smallest absolute Gasteiger partial charge is 1.00 e. The average Bonchev–Trinajstić information content (AvgIpc) is 1.88. The van der Waals surface area contributed by atoms with Gasteiger partial charge in [-0.25, -0.2) is 14.2 Å². The summed E-state index contributed by atoms with van der Waals surface area (Å²) in [6, 6.07) is 2.39. The van der Waals surface area contributed by atoms with Crippen LogP contribution in [0.2, 0.25) is 0 Å². The molecule has 0 saturated heterocycles. The third-order valence-corrected chi connectivity index (χ3v) is 0.961. The summed E-state index contributed by atoms with van der Waals surface area (Å²) in [4.78, 5) is 13.4. The van der Waals surface area contributed by atoms with Crippen LogP contribution >= 0.6 is 0 Å². The first-order valence-electron chi connectivity index (χ1n) is 2.55. The van der Waals surface area contributed by atoms with Crippen molar-refractivity contribution in [3.63, 3.8) is 0 Å². The molecule has 0 unspecified atom stereocenters. The van der Waals surface area contributed by atoms with Gasteiger partial charge < -0.3 is 6.53 Å². The Kier molecular flexibility index (Phi) is 3.80. The predicted octanol–water partition coefficient (Wildman–Crippen LogP) is -1.96. The molecule has 0 aliphatic heterocycles. The maximum Gasteiger partial charge on any atom is 1.00 e. The zero-order chi connectivity index (χ0) is 7.56. The first kappa shape index (κ1) is 10.1. The molecule has 11 heavy (non-hydrogen) atoms. The van der Waals surface area contributed by atoms with Crippen molar-refractivity contribution in [3.8, 4) is 0 Å². The van der Waals surface area contributed by atoms with E-state index in [1.54, 1.807) is 0 Å². The van der Waals surface area contributed by atoms with E-state index in [-0.39, 0.29) is 20.3 Å². The maximum absolute atomic E-state index is 12.4. The van der Waals surface area contributed by atoms with Crippen LogP contribution in [0.4, 0.5) is 4.39 Å². The fourth-order valence-electron chi connectivity index (χ4n) is 0.543. The number of hydrogen-bond acceptors (Lipinski definition) is 2. The van der Waals surface area contributed by atoms with Gasteiger partial charge in [-0.3, -0.25) is 0 Å². The zero-order valence-electron chi connectivity index (χ0n) is 6.91. The van der Waals surface area contributed by atoms with Crippen molar-refractivity contribution in [1.29, 1.82) is 0 Å². The summed E-state index contributed by atoms with van der Waals surface area (Å²) < 4.78 is 12.4. The van der Waals surface area contributed by atoms with Crippen molar-refractivity contribution in [2.24, 2.45) is 0 Å². The first-order chi connectivity index (χ1) is 4.72. The molecule has 0 bridgehead atoms. The summed E-state index contributed by atoms with van der Waals surface area (Å²) >= 11 is 0. The Balaban J connectivity index is 0. The minimum Gasteiger partial charge on any atom is -1.00 e. The molecule has 1 aromatic rings. The molecule has 0 aromatic carbocycles. The van der Waals surface area contributed by atoms with Gasteiger partial charge in [-0.05, 0) is 12.1 Å². The second-order valence-electron chi connectivity index (χ2n) is 1.64. The molecule has 0 atom stereocenters. The van der Waals surface area contributed by atoms with E-state index in [4.69, 9.17) is 5.11 Å². The van der Waals surface area contributed by atoms with Crippen LogP contribution in [-0.4, -0.2) is 16.1 Å². The van der Waals surface area contributed by atoms with Crippen molar-refractivity contribution < 1.29 is 34.6 Å². The van der Waals surface area contributed by atoms with Crippen LogP contribution in [0.1, 0.15) is 11.9 Å². The van der Waals surface area contributed by atoms with Gasteiger partial charge in [0.25, 0.3) is 0 Å². The molecule has 54 valence electrons. The minimum absolute atomic E-state index is 0. The molecule has 0 amide bonds. The minimum atomic E-state index is -1.35. The van der Waals surface area contributed by atoms with E-state index in [1.165, 1.54) is 12.3 Å². The monoisotopic (exact) mass is 149 g/mol. The molecule has 0 aliphatic carbocycles. The maximum atomic E-state index is 12.4. The number of nitrogens with zero attached hydrogens (tertiary/aromatic N) is 1. The van der Waals surface area contributed by atoms with Crippen molar-refractivity contribution >= 4 is 5.97 Å². The van der Waals surface area contributed by atoms with Crippen LogP contribution in [0.5, 0.6) is 0 Å². The fourth-order valence-corrected chi connectivity index (χ4v) is 0.543. The number of pyridine rings is 1. The van der Waals surface area contributed by atoms with E-state index >= 15 is 0 Å². The van der Waals surface area contributed by atoms with Crippen LogP contribution in [0.15, 0.2) is 18.3 Å². The van der Waals surface area contributed by atoms with E-state index < -0.39 is 17.5 Å². The summed E-state index contributed by atoms with van der Waals surface area (Å²) in [7, 11) is 0. The normalized spacial score (nSPS) is 8.45. The van der Waals surface area contributed by atoms with Gasteiger partial charge in [-0.15, -0.1) is 0 Å². The van der Waals surface area contributed by atoms with Gasteiger partial charge in [0, 0.05) is 6.20 Å². The molecule has 5 heteroatoms. The Morgan fingerprint density at radius 2 is 2.36 bits per heavy atom. The largest absolute Gasteiger partial charge is 1.00 e. The number of hydrogen-bond donors (Lipinski definition) is 1. The van der Waals surface area contributed by atoms with Gasteiger partial charge in [0.1, 0.15) is 0 Å². The predicted molar refractivity (Wildman–Crippen MR) is 32.3 cm³/mol. The Hall–Kier alpha value is -0.853. The van der Waals surface area contributed by atoms with Crippen LogP contribution in [0, 0.1) is 5.82 Å². The van der Waals surface area contributed by atoms with Crippen molar-refractivity contribution in [3.05, 3.63) is 29.8 Å². The summed E-state index contributed by atoms with van der Waals surface area (Å²) in [6.07, 6.45) is 1.23. The SMILES string of the molecule is O=C(O)c1ncccc1F.[H-].[Li+]. The molecular weight excluding hydrogens is 144 g/mol.